The topological polar surface area (TPSA) is 76.1 Å². The van der Waals surface area contributed by atoms with Crippen molar-refractivity contribution in [3.8, 4) is 11.5 Å². The zero-order valence-corrected chi connectivity index (χ0v) is 15.1. The van der Waals surface area contributed by atoms with E-state index in [-0.39, 0.29) is 12.5 Å². The van der Waals surface area contributed by atoms with Gasteiger partial charge in [-0.05, 0) is 36.6 Å². The summed E-state index contributed by atoms with van der Waals surface area (Å²) in [5.74, 6) is -0.580. The maximum atomic E-state index is 12.2. The Morgan fingerprint density at radius 1 is 1.44 bits per heavy atom. The second-order valence-electron chi connectivity index (χ2n) is 5.82. The number of halogens is 1. The Hall–Kier alpha value is -2.21. The fourth-order valence-electron chi connectivity index (χ4n) is 2.62. The number of methoxy groups -OCH3 is 1. The smallest absolute Gasteiger partial charge is 0.308 e. The van der Waals surface area contributed by atoms with E-state index in [9.17, 15) is 9.59 Å². The van der Waals surface area contributed by atoms with E-state index in [2.05, 4.69) is 0 Å². The van der Waals surface area contributed by atoms with Crippen LogP contribution in [0.2, 0.25) is 5.02 Å². The average molecular weight is 368 g/mol. The molecule has 0 aliphatic carbocycles. The predicted octanol–water partition coefficient (Wildman–Crippen LogP) is 3.08. The summed E-state index contributed by atoms with van der Waals surface area (Å²) in [6.45, 7) is 3.22. The number of carbonyl (C=O) groups excluding carboxylic acids is 1. The number of benzene rings is 1. The molecule has 1 aromatic carbocycles. The van der Waals surface area contributed by atoms with Gasteiger partial charge in [0.2, 0.25) is 5.91 Å². The van der Waals surface area contributed by atoms with E-state index in [4.69, 9.17) is 26.2 Å². The van der Waals surface area contributed by atoms with Gasteiger partial charge in [-0.2, -0.15) is 0 Å². The van der Waals surface area contributed by atoms with Gasteiger partial charge in [0.25, 0.3) is 0 Å². The fraction of sp³-hybridized carbons (Fsp3) is 0.444. The molecule has 25 heavy (non-hydrogen) atoms. The van der Waals surface area contributed by atoms with Crippen LogP contribution in [0.1, 0.15) is 25.3 Å². The summed E-state index contributed by atoms with van der Waals surface area (Å²) in [4.78, 5) is 24.7. The summed E-state index contributed by atoms with van der Waals surface area (Å²) in [6, 6.07) is 3.44. The van der Waals surface area contributed by atoms with Crippen LogP contribution in [-0.4, -0.2) is 48.7 Å². The van der Waals surface area contributed by atoms with Gasteiger partial charge in [-0.3, -0.25) is 9.59 Å². The molecule has 7 heteroatoms. The van der Waals surface area contributed by atoms with Crippen LogP contribution in [0.15, 0.2) is 18.2 Å². The number of hydrogen-bond donors (Lipinski definition) is 1. The van der Waals surface area contributed by atoms with E-state index < -0.39 is 11.9 Å². The van der Waals surface area contributed by atoms with Gasteiger partial charge < -0.3 is 19.5 Å². The Morgan fingerprint density at radius 3 is 2.80 bits per heavy atom. The van der Waals surface area contributed by atoms with Crippen LogP contribution in [0.5, 0.6) is 11.5 Å². The van der Waals surface area contributed by atoms with Gasteiger partial charge in [0.1, 0.15) is 0 Å². The molecule has 1 aliphatic rings. The Bertz CT molecular complexity index is 674. The molecule has 1 unspecified atom stereocenters. The summed E-state index contributed by atoms with van der Waals surface area (Å²) in [5.41, 5.74) is 0.702. The average Bonchev–Trinajstić information content (AvgIpc) is 3.08. The molecular formula is C18H22ClNO5. The van der Waals surface area contributed by atoms with E-state index >= 15 is 0 Å². The monoisotopic (exact) mass is 367 g/mol. The molecular weight excluding hydrogens is 346 g/mol. The first-order valence-corrected chi connectivity index (χ1v) is 8.54. The summed E-state index contributed by atoms with van der Waals surface area (Å²) in [5, 5.41) is 9.41. The molecule has 0 spiro atoms. The molecule has 1 heterocycles. The molecule has 1 aliphatic heterocycles. The highest BCUT2D eigenvalue weighted by molar-refractivity contribution is 6.32. The minimum absolute atomic E-state index is 0.217. The van der Waals surface area contributed by atoms with Gasteiger partial charge in [-0.1, -0.05) is 18.5 Å². The number of hydrogen-bond acceptors (Lipinski definition) is 4. The molecule has 0 saturated carbocycles. The van der Waals surface area contributed by atoms with Gasteiger partial charge in [-0.25, -0.2) is 0 Å². The van der Waals surface area contributed by atoms with Crippen molar-refractivity contribution in [1.29, 1.82) is 0 Å². The van der Waals surface area contributed by atoms with Gasteiger partial charge in [0, 0.05) is 19.2 Å². The molecule has 0 bridgehead atoms. The molecule has 136 valence electrons. The molecule has 0 aromatic heterocycles. The van der Waals surface area contributed by atoms with E-state index in [1.165, 1.54) is 18.1 Å². The summed E-state index contributed by atoms with van der Waals surface area (Å²) < 4.78 is 10.9. The van der Waals surface area contributed by atoms with Crippen molar-refractivity contribution in [2.24, 2.45) is 5.92 Å². The van der Waals surface area contributed by atoms with Crippen LogP contribution in [-0.2, 0) is 9.59 Å². The van der Waals surface area contributed by atoms with Crippen LogP contribution >= 0.6 is 11.6 Å². The quantitative estimate of drug-likeness (QED) is 0.749. The van der Waals surface area contributed by atoms with Crippen molar-refractivity contribution in [2.75, 3.05) is 26.8 Å². The summed E-state index contributed by atoms with van der Waals surface area (Å²) in [7, 11) is 1.53. The number of aliphatic carboxylic acids is 1. The lowest BCUT2D eigenvalue weighted by Gasteiger charge is -2.14. The second-order valence-corrected chi connectivity index (χ2v) is 6.23. The standard InChI is InChI=1S/C18H22ClNO5/c1-3-8-25-17-14(19)9-12(10-15(17)24-2)4-5-16(21)20-7-6-13(11-20)18(22)23/h4-5,9-10,13H,3,6-8,11H2,1-2H3,(H,22,23). The van der Waals surface area contributed by atoms with Crippen molar-refractivity contribution in [2.45, 2.75) is 19.8 Å². The lowest BCUT2D eigenvalue weighted by molar-refractivity contribution is -0.141. The molecule has 1 amide bonds. The van der Waals surface area contributed by atoms with E-state index in [1.807, 2.05) is 6.92 Å². The number of rotatable bonds is 7. The van der Waals surface area contributed by atoms with Crippen LogP contribution in [0.25, 0.3) is 6.08 Å². The Morgan fingerprint density at radius 2 is 2.20 bits per heavy atom. The number of nitrogens with zero attached hydrogens (tertiary/aromatic N) is 1. The number of amides is 1. The molecule has 6 nitrogen and oxygen atoms in total. The highest BCUT2D eigenvalue weighted by atomic mass is 35.5. The highest BCUT2D eigenvalue weighted by Crippen LogP contribution is 2.36. The largest absolute Gasteiger partial charge is 0.493 e. The Balaban J connectivity index is 2.09. The van der Waals surface area contributed by atoms with Gasteiger partial charge in [-0.15, -0.1) is 0 Å². The minimum Gasteiger partial charge on any atom is -0.493 e. The maximum absolute atomic E-state index is 12.2. The van der Waals surface area contributed by atoms with Gasteiger partial charge >= 0.3 is 5.97 Å². The summed E-state index contributed by atoms with van der Waals surface area (Å²) in [6.07, 6.45) is 4.39. The minimum atomic E-state index is -0.863. The van der Waals surface area contributed by atoms with E-state index in [0.29, 0.717) is 41.7 Å². The predicted molar refractivity (Wildman–Crippen MR) is 95.1 cm³/mol. The first-order chi connectivity index (χ1) is 12.0. The number of ether oxygens (including phenoxy) is 2. The number of carboxylic acids is 1. The van der Waals surface area contributed by atoms with Crippen molar-refractivity contribution in [3.63, 3.8) is 0 Å². The van der Waals surface area contributed by atoms with Crippen LogP contribution in [0, 0.1) is 5.92 Å². The molecule has 1 aromatic rings. The van der Waals surface area contributed by atoms with E-state index in [0.717, 1.165) is 6.42 Å². The van der Waals surface area contributed by atoms with Crippen molar-refractivity contribution in [3.05, 3.63) is 28.8 Å². The molecule has 2 rings (SSSR count). The SMILES string of the molecule is CCCOc1c(Cl)cc(C=CC(=O)N2CCC(C(=O)O)C2)cc1OC. The molecule has 1 saturated heterocycles. The van der Waals surface area contributed by atoms with Crippen molar-refractivity contribution in [1.82, 2.24) is 4.90 Å². The first-order valence-electron chi connectivity index (χ1n) is 8.16. The van der Waals surface area contributed by atoms with Gasteiger partial charge in [0.05, 0.1) is 24.7 Å². The van der Waals surface area contributed by atoms with Gasteiger partial charge in [0.15, 0.2) is 11.5 Å². The summed E-state index contributed by atoms with van der Waals surface area (Å²) >= 11 is 6.25. The molecule has 1 atom stereocenters. The van der Waals surface area contributed by atoms with Crippen LogP contribution < -0.4 is 9.47 Å². The first kappa shape index (κ1) is 19.1. The fourth-order valence-corrected chi connectivity index (χ4v) is 2.89. The molecule has 1 N–H and O–H groups in total. The van der Waals surface area contributed by atoms with Crippen LogP contribution in [0.3, 0.4) is 0 Å². The third kappa shape index (κ3) is 4.89. The number of carboxylic acid groups (broad SMARTS) is 1. The Kier molecular flexibility index (Phi) is 6.70. The van der Waals surface area contributed by atoms with Crippen LogP contribution in [0.4, 0.5) is 0 Å². The zero-order valence-electron chi connectivity index (χ0n) is 14.3. The lowest BCUT2D eigenvalue weighted by Crippen LogP contribution is -2.28. The van der Waals surface area contributed by atoms with E-state index in [1.54, 1.807) is 18.2 Å². The zero-order chi connectivity index (χ0) is 18.4. The second kappa shape index (κ2) is 8.76. The normalized spacial score (nSPS) is 17.1. The van der Waals surface area contributed by atoms with Crippen molar-refractivity contribution >= 4 is 29.6 Å². The Labute approximate surface area is 152 Å². The molecule has 1 fully saturated rings. The molecule has 0 radical (unpaired) electrons. The highest BCUT2D eigenvalue weighted by Gasteiger charge is 2.29. The number of carbonyl (C=O) groups is 2. The third-order valence-electron chi connectivity index (χ3n) is 3.97. The number of likely N-dealkylation sites (tertiary alicyclic amines) is 1. The lowest BCUT2D eigenvalue weighted by atomic mass is 10.1. The third-order valence-corrected chi connectivity index (χ3v) is 4.25. The van der Waals surface area contributed by atoms with Crippen molar-refractivity contribution < 1.29 is 24.2 Å². The maximum Gasteiger partial charge on any atom is 0.308 e.